The molecule has 30 heavy (non-hydrogen) atoms. The quantitative estimate of drug-likeness (QED) is 0.561. The van der Waals surface area contributed by atoms with Gasteiger partial charge in [-0.25, -0.2) is 4.68 Å². The van der Waals surface area contributed by atoms with E-state index >= 15 is 0 Å². The largest absolute Gasteiger partial charge is 0.396 e. The molecule has 3 heterocycles. The van der Waals surface area contributed by atoms with Crippen LogP contribution in [0, 0.1) is 5.92 Å². The highest BCUT2D eigenvalue weighted by Crippen LogP contribution is 2.38. The van der Waals surface area contributed by atoms with Crippen LogP contribution >= 0.6 is 11.6 Å². The standard InChI is InChI=1S/C21H21ClN6O2/c1-13-18(20(30)25-16-6-4-15(22)5-7-16)19(14-8-10-23-11-9-14)28-21(24-13)26-17(27-28)3-2-12-29/h4-11,18-19,29H,1-3,12H2,(H,25,30)(H,24,26,27)/t18-,19+/m0/s1. The van der Waals surface area contributed by atoms with E-state index in [1.54, 1.807) is 41.3 Å². The minimum Gasteiger partial charge on any atom is -0.396 e. The number of nitrogens with one attached hydrogen (secondary N) is 2. The molecule has 0 fully saturated rings. The number of hydrogen-bond acceptors (Lipinski definition) is 6. The van der Waals surface area contributed by atoms with E-state index in [1.807, 2.05) is 12.1 Å². The summed E-state index contributed by atoms with van der Waals surface area (Å²) in [5.41, 5.74) is 2.03. The monoisotopic (exact) mass is 424 g/mol. The van der Waals surface area contributed by atoms with Crippen LogP contribution in [-0.4, -0.2) is 37.4 Å². The molecular formula is C21H21ClN6O2. The van der Waals surface area contributed by atoms with Crippen molar-refractivity contribution in [1.29, 1.82) is 0 Å². The highest BCUT2D eigenvalue weighted by atomic mass is 35.5. The van der Waals surface area contributed by atoms with Crippen LogP contribution in [0.2, 0.25) is 5.02 Å². The van der Waals surface area contributed by atoms with Crippen molar-refractivity contribution in [1.82, 2.24) is 19.7 Å². The van der Waals surface area contributed by atoms with Gasteiger partial charge in [-0.05, 0) is 48.4 Å². The molecule has 0 radical (unpaired) electrons. The van der Waals surface area contributed by atoms with E-state index in [0.717, 1.165) is 5.56 Å². The van der Waals surface area contributed by atoms with E-state index in [0.29, 0.717) is 41.0 Å². The van der Waals surface area contributed by atoms with Crippen LogP contribution in [-0.2, 0) is 11.2 Å². The van der Waals surface area contributed by atoms with E-state index < -0.39 is 12.0 Å². The van der Waals surface area contributed by atoms with Crippen molar-refractivity contribution in [3.63, 3.8) is 0 Å². The molecule has 3 N–H and O–H groups in total. The lowest BCUT2D eigenvalue weighted by Crippen LogP contribution is -2.39. The number of nitrogens with zero attached hydrogens (tertiary/aromatic N) is 4. The van der Waals surface area contributed by atoms with Gasteiger partial charge >= 0.3 is 0 Å². The molecule has 9 heteroatoms. The molecule has 1 aliphatic rings. The maximum absolute atomic E-state index is 13.3. The topological polar surface area (TPSA) is 105 Å². The number of aryl methyl sites for hydroxylation is 1. The lowest BCUT2D eigenvalue weighted by Gasteiger charge is -2.33. The lowest BCUT2D eigenvalue weighted by atomic mass is 9.89. The number of benzene rings is 1. The average molecular weight is 425 g/mol. The average Bonchev–Trinajstić information content (AvgIpc) is 3.15. The van der Waals surface area contributed by atoms with Gasteiger partial charge in [0.15, 0.2) is 5.82 Å². The van der Waals surface area contributed by atoms with Gasteiger partial charge in [-0.15, -0.1) is 0 Å². The zero-order valence-corrected chi connectivity index (χ0v) is 16.9. The molecule has 0 saturated carbocycles. The Morgan fingerprint density at radius 1 is 1.23 bits per heavy atom. The number of amides is 1. The summed E-state index contributed by atoms with van der Waals surface area (Å²) in [5.74, 6) is 0.250. The van der Waals surface area contributed by atoms with Crippen molar-refractivity contribution >= 4 is 29.1 Å². The second-order valence-corrected chi connectivity index (χ2v) is 7.41. The minimum absolute atomic E-state index is 0.0594. The molecule has 154 valence electrons. The summed E-state index contributed by atoms with van der Waals surface area (Å²) in [7, 11) is 0. The minimum atomic E-state index is -0.636. The second-order valence-electron chi connectivity index (χ2n) is 6.97. The Morgan fingerprint density at radius 3 is 2.67 bits per heavy atom. The summed E-state index contributed by atoms with van der Waals surface area (Å²) in [5, 5.41) is 20.4. The summed E-state index contributed by atoms with van der Waals surface area (Å²) in [6.45, 7) is 4.15. The molecule has 1 amide bonds. The lowest BCUT2D eigenvalue weighted by molar-refractivity contribution is -0.119. The number of aliphatic hydroxyl groups excluding tert-OH is 1. The van der Waals surface area contributed by atoms with E-state index in [4.69, 9.17) is 16.7 Å². The van der Waals surface area contributed by atoms with Crippen LogP contribution in [0.3, 0.4) is 0 Å². The number of hydrogen-bond donors (Lipinski definition) is 3. The van der Waals surface area contributed by atoms with Crippen molar-refractivity contribution in [2.75, 3.05) is 17.2 Å². The predicted octanol–water partition coefficient (Wildman–Crippen LogP) is 3.03. The van der Waals surface area contributed by atoms with E-state index in [-0.39, 0.29) is 12.5 Å². The SMILES string of the molecule is C=C1Nc2nc(CCCO)nn2[C@H](c2ccncc2)[C@H]1C(=O)Nc1ccc(Cl)cc1. The van der Waals surface area contributed by atoms with Crippen molar-refractivity contribution in [2.24, 2.45) is 5.92 Å². The summed E-state index contributed by atoms with van der Waals surface area (Å²) in [4.78, 5) is 21.9. The van der Waals surface area contributed by atoms with Crippen LogP contribution in [0.25, 0.3) is 0 Å². The Bertz CT molecular complexity index is 1050. The van der Waals surface area contributed by atoms with Crippen molar-refractivity contribution in [3.8, 4) is 0 Å². The van der Waals surface area contributed by atoms with Gasteiger partial charge in [0.05, 0.1) is 6.04 Å². The van der Waals surface area contributed by atoms with Crippen molar-refractivity contribution in [3.05, 3.63) is 77.5 Å². The predicted molar refractivity (Wildman–Crippen MR) is 114 cm³/mol. The molecule has 0 aliphatic carbocycles. The number of carbonyl (C=O) groups excluding carboxylic acids is 1. The Morgan fingerprint density at radius 2 is 1.97 bits per heavy atom. The van der Waals surface area contributed by atoms with Gasteiger partial charge < -0.3 is 15.7 Å². The molecule has 0 bridgehead atoms. The van der Waals surface area contributed by atoms with Crippen LogP contribution in [0.15, 0.2) is 61.1 Å². The first-order valence-corrected chi connectivity index (χ1v) is 9.93. The Kier molecular flexibility index (Phi) is 5.78. The number of carbonyl (C=O) groups is 1. The molecule has 0 unspecified atom stereocenters. The third-order valence-corrected chi connectivity index (χ3v) is 5.15. The van der Waals surface area contributed by atoms with Gasteiger partial charge in [-0.1, -0.05) is 18.2 Å². The molecule has 0 saturated heterocycles. The molecule has 2 atom stereocenters. The molecular weight excluding hydrogens is 404 g/mol. The van der Waals surface area contributed by atoms with Gasteiger partial charge in [0, 0.05) is 41.8 Å². The molecule has 1 aromatic carbocycles. The maximum Gasteiger partial charge on any atom is 0.235 e. The normalized spacial score (nSPS) is 17.9. The first-order valence-electron chi connectivity index (χ1n) is 9.55. The first-order chi connectivity index (χ1) is 14.6. The first kappa shape index (κ1) is 20.1. The fraction of sp³-hybridized carbons (Fsp3) is 0.238. The zero-order chi connectivity index (χ0) is 21.1. The summed E-state index contributed by atoms with van der Waals surface area (Å²) in [6, 6.07) is 10.2. The molecule has 8 nitrogen and oxygen atoms in total. The number of anilines is 2. The van der Waals surface area contributed by atoms with Crippen LogP contribution in [0.4, 0.5) is 11.6 Å². The van der Waals surface area contributed by atoms with E-state index in [2.05, 4.69) is 32.3 Å². The van der Waals surface area contributed by atoms with E-state index in [1.165, 1.54) is 0 Å². The summed E-state index contributed by atoms with van der Waals surface area (Å²) < 4.78 is 1.71. The van der Waals surface area contributed by atoms with Gasteiger partial charge in [-0.2, -0.15) is 10.1 Å². The summed E-state index contributed by atoms with van der Waals surface area (Å²) in [6.07, 6.45) is 4.45. The van der Waals surface area contributed by atoms with Gasteiger partial charge in [0.25, 0.3) is 0 Å². The van der Waals surface area contributed by atoms with Crippen molar-refractivity contribution in [2.45, 2.75) is 18.9 Å². The van der Waals surface area contributed by atoms with E-state index in [9.17, 15) is 4.79 Å². The molecule has 0 spiro atoms. The van der Waals surface area contributed by atoms with Crippen LogP contribution in [0.5, 0.6) is 0 Å². The zero-order valence-electron chi connectivity index (χ0n) is 16.1. The number of aromatic nitrogens is 4. The Hall–Kier alpha value is -3.23. The highest BCUT2D eigenvalue weighted by Gasteiger charge is 2.40. The van der Waals surface area contributed by atoms with Crippen molar-refractivity contribution < 1.29 is 9.90 Å². The number of fused-ring (bicyclic) bond motifs is 1. The Labute approximate surface area is 178 Å². The summed E-state index contributed by atoms with van der Waals surface area (Å²) >= 11 is 5.94. The molecule has 2 aromatic heterocycles. The number of halogens is 1. The number of pyridine rings is 1. The molecule has 3 aromatic rings. The highest BCUT2D eigenvalue weighted by molar-refractivity contribution is 6.30. The molecule has 4 rings (SSSR count). The number of rotatable bonds is 6. The van der Waals surface area contributed by atoms with Crippen LogP contribution in [0.1, 0.15) is 23.9 Å². The second kappa shape index (κ2) is 8.64. The fourth-order valence-corrected chi connectivity index (χ4v) is 3.62. The maximum atomic E-state index is 13.3. The third-order valence-electron chi connectivity index (χ3n) is 4.90. The fourth-order valence-electron chi connectivity index (χ4n) is 3.49. The van der Waals surface area contributed by atoms with Gasteiger partial charge in [0.2, 0.25) is 11.9 Å². The van der Waals surface area contributed by atoms with Crippen LogP contribution < -0.4 is 10.6 Å². The Balaban J connectivity index is 1.71. The molecule has 1 aliphatic heterocycles. The smallest absolute Gasteiger partial charge is 0.235 e. The third kappa shape index (κ3) is 4.05. The number of aliphatic hydroxyl groups is 1. The van der Waals surface area contributed by atoms with Gasteiger partial charge in [0.1, 0.15) is 5.92 Å². The van der Waals surface area contributed by atoms with Gasteiger partial charge in [-0.3, -0.25) is 9.78 Å².